The van der Waals surface area contributed by atoms with Crippen molar-refractivity contribution in [2.75, 3.05) is 5.75 Å². The molecule has 23 heavy (non-hydrogen) atoms. The van der Waals surface area contributed by atoms with Crippen molar-refractivity contribution in [2.24, 2.45) is 0 Å². The van der Waals surface area contributed by atoms with E-state index >= 15 is 0 Å². The molecule has 0 unspecified atom stereocenters. The molecular formula is C17H25N3OS2. The molecule has 2 heterocycles. The lowest BCUT2D eigenvalue weighted by atomic mass is 10.1. The number of hydrogen-bond donors (Lipinski definition) is 1. The first-order valence-corrected chi connectivity index (χ1v) is 9.72. The Morgan fingerprint density at radius 2 is 1.96 bits per heavy atom. The van der Waals surface area contributed by atoms with Crippen LogP contribution >= 0.6 is 23.1 Å². The van der Waals surface area contributed by atoms with Gasteiger partial charge in [0.2, 0.25) is 5.91 Å². The highest BCUT2D eigenvalue weighted by molar-refractivity contribution is 8.00. The van der Waals surface area contributed by atoms with Gasteiger partial charge in [-0.3, -0.25) is 4.79 Å². The van der Waals surface area contributed by atoms with E-state index in [0.717, 1.165) is 33.9 Å². The van der Waals surface area contributed by atoms with Crippen molar-refractivity contribution in [2.45, 2.75) is 64.9 Å². The summed E-state index contributed by atoms with van der Waals surface area (Å²) in [5.74, 6) is 1.29. The third kappa shape index (κ3) is 4.67. The summed E-state index contributed by atoms with van der Waals surface area (Å²) in [5, 5.41) is 5.04. The summed E-state index contributed by atoms with van der Waals surface area (Å²) in [7, 11) is 0. The van der Waals surface area contributed by atoms with Crippen LogP contribution in [0.1, 0.15) is 50.4 Å². The van der Waals surface area contributed by atoms with Gasteiger partial charge in [-0.1, -0.05) is 18.7 Å². The number of hydrogen-bond acceptors (Lipinski definition) is 5. The van der Waals surface area contributed by atoms with Crippen molar-refractivity contribution in [3.8, 4) is 0 Å². The number of nitrogens with one attached hydrogen (secondary N) is 1. The molecule has 1 amide bonds. The number of aryl methyl sites for hydroxylation is 3. The largest absolute Gasteiger partial charge is 0.351 e. The fourth-order valence-corrected chi connectivity index (χ4v) is 4.30. The van der Waals surface area contributed by atoms with Crippen molar-refractivity contribution in [3.63, 3.8) is 0 Å². The van der Waals surface area contributed by atoms with E-state index in [0.29, 0.717) is 5.75 Å². The molecule has 0 aliphatic carbocycles. The first-order valence-electron chi connectivity index (χ1n) is 7.91. The summed E-state index contributed by atoms with van der Waals surface area (Å²) in [6.45, 7) is 12.3. The number of thiophene rings is 1. The van der Waals surface area contributed by atoms with E-state index in [4.69, 9.17) is 4.98 Å². The van der Waals surface area contributed by atoms with E-state index < -0.39 is 0 Å². The Hall–Kier alpha value is -1.14. The lowest BCUT2D eigenvalue weighted by Crippen LogP contribution is -2.41. The van der Waals surface area contributed by atoms with Crippen LogP contribution in [0.4, 0.5) is 0 Å². The average molecular weight is 352 g/mol. The maximum absolute atomic E-state index is 12.1. The van der Waals surface area contributed by atoms with Crippen LogP contribution in [-0.2, 0) is 11.2 Å². The molecule has 4 nitrogen and oxygen atoms in total. The summed E-state index contributed by atoms with van der Waals surface area (Å²) in [6.07, 6.45) is 1.89. The molecule has 126 valence electrons. The second-order valence-electron chi connectivity index (χ2n) is 6.75. The molecule has 0 radical (unpaired) electrons. The van der Waals surface area contributed by atoms with Crippen molar-refractivity contribution in [1.29, 1.82) is 0 Å². The van der Waals surface area contributed by atoms with Crippen LogP contribution in [0.5, 0.6) is 0 Å². The Morgan fingerprint density at radius 1 is 1.26 bits per heavy atom. The minimum atomic E-state index is -0.207. The summed E-state index contributed by atoms with van der Waals surface area (Å²) in [5.41, 5.74) is 1.02. The Morgan fingerprint density at radius 3 is 2.57 bits per heavy atom. The standard InChI is InChI=1S/C17H25N3OS2/c1-7-8-12-18-15(22-9-13(21)20-17(4,5)6)14-10(2)11(3)23-16(14)19-12/h7-9H2,1-6H3,(H,20,21). The van der Waals surface area contributed by atoms with Gasteiger partial charge < -0.3 is 5.32 Å². The Balaban J connectivity index is 2.29. The van der Waals surface area contributed by atoms with Gasteiger partial charge in [0.15, 0.2) is 0 Å². The highest BCUT2D eigenvalue weighted by Crippen LogP contribution is 2.35. The second-order valence-corrected chi connectivity index (χ2v) is 8.91. The molecule has 0 fully saturated rings. The maximum Gasteiger partial charge on any atom is 0.230 e. The van der Waals surface area contributed by atoms with Gasteiger partial charge in [-0.25, -0.2) is 9.97 Å². The van der Waals surface area contributed by atoms with Gasteiger partial charge in [0.25, 0.3) is 0 Å². The maximum atomic E-state index is 12.1. The molecule has 0 spiro atoms. The Kier molecular flexibility index (Phi) is 5.68. The molecule has 2 rings (SSSR count). The first kappa shape index (κ1) is 18.2. The summed E-state index contributed by atoms with van der Waals surface area (Å²) < 4.78 is 0. The lowest BCUT2D eigenvalue weighted by molar-refractivity contribution is -0.119. The normalized spacial score (nSPS) is 11.9. The number of carbonyl (C=O) groups is 1. The molecule has 0 atom stereocenters. The van der Waals surface area contributed by atoms with Crippen molar-refractivity contribution in [3.05, 3.63) is 16.3 Å². The molecule has 0 saturated carbocycles. The van der Waals surface area contributed by atoms with Gasteiger partial charge >= 0.3 is 0 Å². The number of fused-ring (bicyclic) bond motifs is 1. The summed E-state index contributed by atoms with van der Waals surface area (Å²) in [6, 6.07) is 0. The van der Waals surface area contributed by atoms with Gasteiger partial charge in [0.05, 0.1) is 5.75 Å². The van der Waals surface area contributed by atoms with Gasteiger partial charge in [-0.05, 0) is 46.6 Å². The van der Waals surface area contributed by atoms with Crippen LogP contribution in [0, 0.1) is 13.8 Å². The van der Waals surface area contributed by atoms with E-state index in [-0.39, 0.29) is 11.4 Å². The van der Waals surface area contributed by atoms with Gasteiger partial charge in [-0.2, -0.15) is 0 Å². The monoisotopic (exact) mass is 351 g/mol. The number of nitrogens with zero attached hydrogens (tertiary/aromatic N) is 2. The molecule has 2 aromatic heterocycles. The molecule has 0 aliphatic rings. The van der Waals surface area contributed by atoms with E-state index in [1.54, 1.807) is 11.3 Å². The SMILES string of the molecule is CCCc1nc(SCC(=O)NC(C)(C)C)c2c(C)c(C)sc2n1. The van der Waals surface area contributed by atoms with Gasteiger partial charge in [-0.15, -0.1) is 11.3 Å². The second kappa shape index (κ2) is 7.18. The molecule has 0 aromatic carbocycles. The zero-order valence-corrected chi connectivity index (χ0v) is 16.4. The topological polar surface area (TPSA) is 54.9 Å². The molecule has 1 N–H and O–H groups in total. The van der Waals surface area contributed by atoms with Crippen LogP contribution in [0.25, 0.3) is 10.2 Å². The van der Waals surface area contributed by atoms with Gasteiger partial charge in [0.1, 0.15) is 15.7 Å². The zero-order valence-electron chi connectivity index (χ0n) is 14.7. The van der Waals surface area contributed by atoms with Crippen LogP contribution in [0.15, 0.2) is 5.03 Å². The van der Waals surface area contributed by atoms with E-state index in [1.807, 2.05) is 20.8 Å². The van der Waals surface area contributed by atoms with Crippen LogP contribution < -0.4 is 5.32 Å². The molecular weight excluding hydrogens is 326 g/mol. The number of aromatic nitrogens is 2. The predicted molar refractivity (Wildman–Crippen MR) is 99.5 cm³/mol. The fourth-order valence-electron chi connectivity index (χ4n) is 2.28. The lowest BCUT2D eigenvalue weighted by Gasteiger charge is -2.20. The van der Waals surface area contributed by atoms with Crippen LogP contribution in [-0.4, -0.2) is 27.2 Å². The highest BCUT2D eigenvalue weighted by Gasteiger charge is 2.18. The summed E-state index contributed by atoms with van der Waals surface area (Å²) in [4.78, 5) is 23.8. The van der Waals surface area contributed by atoms with Crippen LogP contribution in [0.3, 0.4) is 0 Å². The molecule has 0 aliphatic heterocycles. The van der Waals surface area contributed by atoms with E-state index in [1.165, 1.54) is 22.2 Å². The molecule has 0 saturated heterocycles. The van der Waals surface area contributed by atoms with E-state index in [9.17, 15) is 4.79 Å². The fraction of sp³-hybridized carbons (Fsp3) is 0.588. The van der Waals surface area contributed by atoms with Crippen molar-refractivity contribution in [1.82, 2.24) is 15.3 Å². The van der Waals surface area contributed by atoms with E-state index in [2.05, 4.69) is 31.1 Å². The van der Waals surface area contributed by atoms with Crippen molar-refractivity contribution >= 4 is 39.2 Å². The number of amides is 1. The molecule has 0 bridgehead atoms. The minimum absolute atomic E-state index is 0.0379. The number of carbonyl (C=O) groups excluding carboxylic acids is 1. The average Bonchev–Trinajstić information content (AvgIpc) is 2.70. The summed E-state index contributed by atoms with van der Waals surface area (Å²) >= 11 is 3.22. The quantitative estimate of drug-likeness (QED) is 0.646. The molecule has 2 aromatic rings. The van der Waals surface area contributed by atoms with Gasteiger partial charge in [0, 0.05) is 22.2 Å². The predicted octanol–water partition coefficient (Wildman–Crippen LogP) is 4.27. The third-order valence-electron chi connectivity index (χ3n) is 3.37. The highest BCUT2D eigenvalue weighted by atomic mass is 32.2. The smallest absolute Gasteiger partial charge is 0.230 e. The Labute approximate surface area is 146 Å². The van der Waals surface area contributed by atoms with Crippen molar-refractivity contribution < 1.29 is 4.79 Å². The number of thioether (sulfide) groups is 1. The zero-order chi connectivity index (χ0) is 17.2. The molecule has 6 heteroatoms. The van der Waals surface area contributed by atoms with Crippen LogP contribution in [0.2, 0.25) is 0 Å². The Bertz CT molecular complexity index is 717. The first-order chi connectivity index (χ1) is 10.7. The minimum Gasteiger partial charge on any atom is -0.351 e. The number of rotatable bonds is 5. The third-order valence-corrected chi connectivity index (χ3v) is 5.45.